The van der Waals surface area contributed by atoms with Crippen LogP contribution in [0.2, 0.25) is 0 Å². The van der Waals surface area contributed by atoms with Crippen molar-refractivity contribution in [2.75, 3.05) is 0 Å². The molecular formula is H8IrN8NaO12. The molecule has 0 atom stereocenters. The van der Waals surface area contributed by atoms with Gasteiger partial charge < -0.3 is 73.0 Å². The molecule has 0 saturated heterocycles. The molecule has 130 valence electrons. The molecule has 0 aliphatic rings. The Hall–Kier alpha value is -2.03. The second-order valence-electron chi connectivity index (χ2n) is 0.447. The Morgan fingerprint density at radius 3 is 0.409 bits per heavy atom. The van der Waals surface area contributed by atoms with Gasteiger partial charge in [0.2, 0.25) is 0 Å². The quantitative estimate of drug-likeness (QED) is 0.223. The van der Waals surface area contributed by atoms with Gasteiger partial charge in [-0.05, 0) is 0 Å². The molecular weight excluding hydrogens is 519 g/mol. The molecule has 0 fully saturated rings. The third kappa shape index (κ3) is 1250. The van der Waals surface area contributed by atoms with Crippen molar-refractivity contribution < 1.29 is 49.7 Å². The first-order valence-electron chi connectivity index (χ1n) is 2.19. The number of quaternary nitrogens is 2. The maximum atomic E-state index is 8.00. The van der Waals surface area contributed by atoms with Crippen molar-refractivity contribution in [1.82, 2.24) is 12.3 Å². The first-order valence-corrected chi connectivity index (χ1v) is 2.19. The van der Waals surface area contributed by atoms with Crippen molar-refractivity contribution in [3.63, 3.8) is 0 Å². The molecule has 0 heterocycles. The van der Waals surface area contributed by atoms with Crippen LogP contribution in [-0.4, -0.2) is 0 Å². The zero-order chi connectivity index (χ0) is 16.2. The van der Waals surface area contributed by atoms with Gasteiger partial charge in [0.15, 0.2) is 0 Å². The molecule has 0 amide bonds. The molecule has 0 radical (unpaired) electrons. The van der Waals surface area contributed by atoms with Gasteiger partial charge in [-0.3, -0.25) is 0 Å². The van der Waals surface area contributed by atoms with E-state index in [4.69, 9.17) is 60.7 Å². The third-order valence-corrected chi connectivity index (χ3v) is 0. The zero-order valence-corrected chi connectivity index (χ0v) is 15.3. The van der Waals surface area contributed by atoms with Crippen molar-refractivity contribution in [3.8, 4) is 0 Å². The van der Waals surface area contributed by atoms with Crippen LogP contribution in [0.15, 0.2) is 32.0 Å². The van der Waals surface area contributed by atoms with Crippen LogP contribution >= 0.6 is 0 Å². The number of nitrogens with zero attached hydrogens (tertiary/aromatic N) is 6. The average Bonchev–Trinajstić information content (AvgIpc) is 2.23. The summed E-state index contributed by atoms with van der Waals surface area (Å²) in [6.07, 6.45) is 0. The van der Waals surface area contributed by atoms with Gasteiger partial charge in [0.05, 0.1) is 0 Å². The minimum Gasteiger partial charge on any atom is -0.444 e. The molecule has 0 saturated carbocycles. The molecule has 0 bridgehead atoms. The van der Waals surface area contributed by atoms with Crippen molar-refractivity contribution in [2.45, 2.75) is 0 Å². The first kappa shape index (κ1) is 72.3. The van der Waals surface area contributed by atoms with E-state index in [0.717, 1.165) is 32.0 Å². The van der Waals surface area contributed by atoms with Gasteiger partial charge in [-0.1, -0.05) is 0 Å². The second-order valence-corrected chi connectivity index (χ2v) is 0.447. The minimum absolute atomic E-state index is 0. The summed E-state index contributed by atoms with van der Waals surface area (Å²) in [5.74, 6) is 0. The fraction of sp³-hybridized carbons (Fsp3) is 0. The Morgan fingerprint density at radius 2 is 0.409 bits per heavy atom. The summed E-state index contributed by atoms with van der Waals surface area (Å²) in [6, 6.07) is 0. The smallest absolute Gasteiger partial charge is 0.444 e. The number of hydrogen-bond acceptors (Lipinski definition) is 18. The maximum absolute atomic E-state index is 8.00. The van der Waals surface area contributed by atoms with Crippen molar-refractivity contribution in [3.05, 3.63) is 60.7 Å². The fourth-order valence-electron chi connectivity index (χ4n) is 0. The summed E-state index contributed by atoms with van der Waals surface area (Å²) < 4.78 is 0. The van der Waals surface area contributed by atoms with E-state index in [9.17, 15) is 0 Å². The fourth-order valence-corrected chi connectivity index (χ4v) is 0. The van der Waals surface area contributed by atoms with E-state index in [0.29, 0.717) is 0 Å². The van der Waals surface area contributed by atoms with E-state index in [-0.39, 0.29) is 62.0 Å². The second kappa shape index (κ2) is 389. The van der Waals surface area contributed by atoms with Crippen LogP contribution in [0.4, 0.5) is 0 Å². The summed E-state index contributed by atoms with van der Waals surface area (Å²) >= 11 is 0. The predicted molar refractivity (Wildman–Crippen MR) is 66.9 cm³/mol. The van der Waals surface area contributed by atoms with Crippen molar-refractivity contribution in [1.29, 1.82) is 0 Å². The molecule has 22 heteroatoms. The van der Waals surface area contributed by atoms with Gasteiger partial charge in [-0.25, -0.2) is 0 Å². The maximum Gasteiger partial charge on any atom is 3.00 e. The summed E-state index contributed by atoms with van der Waals surface area (Å²) in [6.45, 7) is 0. The standard InChI is InChI=1S/Ir.6HNO2.2H3N.Na/c;6*2-1-3;;;/h;6*(H,2,3);2*1H3;/q+3;;;;;;;;;+1/p-4. The molecule has 0 aliphatic heterocycles. The summed E-state index contributed by atoms with van der Waals surface area (Å²) in [5, 5.41) is 54.0. The van der Waals surface area contributed by atoms with Gasteiger partial charge in [0, 0.05) is 0 Å². The normalized spacial score (nSPS) is 3.27. The molecule has 0 aromatic carbocycles. The van der Waals surface area contributed by atoms with E-state index in [1.807, 2.05) is 0 Å². The summed E-state index contributed by atoms with van der Waals surface area (Å²) in [7, 11) is 0. The summed E-state index contributed by atoms with van der Waals surface area (Å²) in [4.78, 5) is 48.0. The van der Waals surface area contributed by atoms with E-state index in [1.54, 1.807) is 0 Å². The van der Waals surface area contributed by atoms with Gasteiger partial charge >= 0.3 is 49.7 Å². The number of hydrogen-bond donors (Lipinski definition) is 2. The molecule has 20 nitrogen and oxygen atoms in total. The van der Waals surface area contributed by atoms with Gasteiger partial charge in [0.1, 0.15) is 0 Å². The van der Waals surface area contributed by atoms with Gasteiger partial charge in [-0.2, -0.15) is 0 Å². The zero-order valence-electron chi connectivity index (χ0n) is 10.9. The van der Waals surface area contributed by atoms with E-state index in [2.05, 4.69) is 0 Å². The monoisotopic (exact) mass is 528 g/mol. The van der Waals surface area contributed by atoms with Crippen LogP contribution < -0.4 is 41.9 Å². The Morgan fingerprint density at radius 1 is 0.409 bits per heavy atom. The van der Waals surface area contributed by atoms with E-state index >= 15 is 0 Å². The molecule has 0 aromatic heterocycles. The number of rotatable bonds is 0. The Bertz CT molecular complexity index is 123. The van der Waals surface area contributed by atoms with Crippen LogP contribution in [0.5, 0.6) is 0 Å². The van der Waals surface area contributed by atoms with E-state index in [1.165, 1.54) is 0 Å². The largest absolute Gasteiger partial charge is 3.00 e. The molecule has 0 rings (SSSR count). The van der Waals surface area contributed by atoms with Crippen LogP contribution in [0.3, 0.4) is 0 Å². The van der Waals surface area contributed by atoms with Crippen LogP contribution in [0.25, 0.3) is 0 Å². The Labute approximate surface area is 154 Å². The SMILES string of the molecule is O=N[O-].O=N[O-].O=N[O-].O=N[O-].O=N[O-].O=N[O-].[Ir+3].[NH4+].[NH4+].[Na+]. The van der Waals surface area contributed by atoms with Crippen LogP contribution in [0, 0.1) is 60.7 Å². The molecule has 8 N–H and O–H groups in total. The minimum atomic E-state index is 0. The molecule has 0 aromatic rings. The van der Waals surface area contributed by atoms with Crippen molar-refractivity contribution in [2.24, 2.45) is 32.0 Å². The van der Waals surface area contributed by atoms with Gasteiger partial charge in [-0.15, -0.1) is 32.0 Å². The molecule has 0 unspecified atom stereocenters. The average molecular weight is 527 g/mol. The molecule has 0 spiro atoms. The summed E-state index contributed by atoms with van der Waals surface area (Å²) in [5.41, 5.74) is 0. The molecule has 22 heavy (non-hydrogen) atoms. The van der Waals surface area contributed by atoms with Gasteiger partial charge in [0.25, 0.3) is 0 Å². The Balaban J connectivity index is -0.00000000947. The van der Waals surface area contributed by atoms with E-state index < -0.39 is 0 Å². The van der Waals surface area contributed by atoms with Crippen LogP contribution in [-0.2, 0) is 20.1 Å². The van der Waals surface area contributed by atoms with Crippen LogP contribution in [0.1, 0.15) is 0 Å². The molecule has 0 aliphatic carbocycles. The van der Waals surface area contributed by atoms with Crippen molar-refractivity contribution >= 4 is 0 Å². The first-order chi connectivity index (χ1) is 8.49. The predicted octanol–water partition coefficient (Wildman–Crippen LogP) is -0.743. The third-order valence-electron chi connectivity index (χ3n) is 0. The Kier molecular flexibility index (Phi) is 1280. The topological polar surface area (TPSA) is 388 Å².